The van der Waals surface area contributed by atoms with E-state index in [1.54, 1.807) is 50.2 Å². The highest BCUT2D eigenvalue weighted by molar-refractivity contribution is 9.10. The molecule has 6 nitrogen and oxygen atoms in total. The zero-order valence-corrected chi connectivity index (χ0v) is 15.5. The number of carbonyl (C=O) groups excluding carboxylic acids is 1. The van der Waals surface area contributed by atoms with E-state index in [-0.39, 0.29) is 4.90 Å². The van der Waals surface area contributed by atoms with Crippen LogP contribution in [0, 0.1) is 6.92 Å². The Morgan fingerprint density at radius 2 is 1.83 bits per heavy atom. The van der Waals surface area contributed by atoms with Crippen LogP contribution in [0.5, 0.6) is 5.75 Å². The third kappa shape index (κ3) is 4.80. The van der Waals surface area contributed by atoms with Crippen molar-refractivity contribution in [2.45, 2.75) is 24.8 Å². The quantitative estimate of drug-likeness (QED) is 0.788. The van der Waals surface area contributed by atoms with Gasteiger partial charge in [0.15, 0.2) is 6.10 Å². The molecule has 2 aromatic rings. The van der Waals surface area contributed by atoms with Crippen LogP contribution in [0.25, 0.3) is 0 Å². The topological polar surface area (TPSA) is 98.5 Å². The SMILES string of the molecule is Cc1ccc(NC(=O)[C@@H](C)Oc2ccc(Br)cc2)cc1S(N)(=O)=O. The van der Waals surface area contributed by atoms with Crippen LogP contribution in [0.4, 0.5) is 5.69 Å². The minimum atomic E-state index is -3.85. The summed E-state index contributed by atoms with van der Waals surface area (Å²) >= 11 is 3.32. The molecule has 3 N–H and O–H groups in total. The van der Waals surface area contributed by atoms with Gasteiger partial charge in [0.1, 0.15) is 5.75 Å². The third-order valence-electron chi connectivity index (χ3n) is 3.26. The smallest absolute Gasteiger partial charge is 0.265 e. The highest BCUT2D eigenvalue weighted by atomic mass is 79.9. The number of hydrogen-bond donors (Lipinski definition) is 2. The van der Waals surface area contributed by atoms with E-state index in [9.17, 15) is 13.2 Å². The molecule has 0 spiro atoms. The second-order valence-electron chi connectivity index (χ2n) is 5.23. The maximum atomic E-state index is 12.2. The number of carbonyl (C=O) groups is 1. The molecule has 0 radical (unpaired) electrons. The Hall–Kier alpha value is -1.90. The molecule has 1 atom stereocenters. The number of aryl methyl sites for hydroxylation is 1. The molecule has 0 unspecified atom stereocenters. The van der Waals surface area contributed by atoms with Crippen LogP contribution >= 0.6 is 15.9 Å². The second-order valence-corrected chi connectivity index (χ2v) is 7.67. The number of halogens is 1. The number of nitrogens with one attached hydrogen (secondary N) is 1. The van der Waals surface area contributed by atoms with E-state index >= 15 is 0 Å². The Balaban J connectivity index is 2.10. The van der Waals surface area contributed by atoms with Crippen LogP contribution in [0.15, 0.2) is 51.8 Å². The number of amides is 1. The van der Waals surface area contributed by atoms with Gasteiger partial charge in [-0.15, -0.1) is 0 Å². The molecule has 0 saturated carbocycles. The van der Waals surface area contributed by atoms with Gasteiger partial charge in [-0.1, -0.05) is 22.0 Å². The standard InChI is InChI=1S/C16H17BrN2O4S/c1-10-3-6-13(9-15(10)24(18,21)22)19-16(20)11(2)23-14-7-4-12(17)5-8-14/h3-9,11H,1-2H3,(H,19,20)(H2,18,21,22)/t11-/m1/s1. The fraction of sp³-hybridized carbons (Fsp3) is 0.188. The number of sulfonamides is 1. The van der Waals surface area contributed by atoms with Crippen LogP contribution in [0.1, 0.15) is 12.5 Å². The fourth-order valence-corrected chi connectivity index (χ4v) is 3.07. The molecule has 2 rings (SSSR count). The summed E-state index contributed by atoms with van der Waals surface area (Å²) in [6.45, 7) is 3.23. The van der Waals surface area contributed by atoms with Crippen LogP contribution in [0.3, 0.4) is 0 Å². The molecule has 0 aliphatic carbocycles. The van der Waals surface area contributed by atoms with Crippen molar-refractivity contribution in [1.29, 1.82) is 0 Å². The van der Waals surface area contributed by atoms with Gasteiger partial charge in [0.05, 0.1) is 4.90 Å². The lowest BCUT2D eigenvalue weighted by atomic mass is 10.2. The van der Waals surface area contributed by atoms with Gasteiger partial charge < -0.3 is 10.1 Å². The van der Waals surface area contributed by atoms with E-state index in [0.29, 0.717) is 17.0 Å². The van der Waals surface area contributed by atoms with Crippen molar-refractivity contribution >= 4 is 37.5 Å². The summed E-state index contributed by atoms with van der Waals surface area (Å²) in [6, 6.07) is 11.6. The lowest BCUT2D eigenvalue weighted by Gasteiger charge is -2.15. The third-order valence-corrected chi connectivity index (χ3v) is 4.84. The Bertz CT molecular complexity index is 851. The minimum Gasteiger partial charge on any atom is -0.481 e. The van der Waals surface area contributed by atoms with Crippen LogP contribution in [0.2, 0.25) is 0 Å². The van der Waals surface area contributed by atoms with Crippen molar-refractivity contribution < 1.29 is 17.9 Å². The monoisotopic (exact) mass is 412 g/mol. The Morgan fingerprint density at radius 3 is 2.42 bits per heavy atom. The molecule has 0 aromatic heterocycles. The molecular formula is C16H17BrN2O4S. The number of benzene rings is 2. The van der Waals surface area contributed by atoms with Gasteiger partial charge in [-0.05, 0) is 55.8 Å². The van der Waals surface area contributed by atoms with E-state index in [1.807, 2.05) is 0 Å². The van der Waals surface area contributed by atoms with Gasteiger partial charge in [0, 0.05) is 10.2 Å². The summed E-state index contributed by atoms with van der Waals surface area (Å²) < 4.78 is 29.5. The van der Waals surface area contributed by atoms with Crippen molar-refractivity contribution in [2.24, 2.45) is 5.14 Å². The van der Waals surface area contributed by atoms with Crippen molar-refractivity contribution in [2.75, 3.05) is 5.32 Å². The lowest BCUT2D eigenvalue weighted by Crippen LogP contribution is -2.30. The molecule has 0 aliphatic rings. The van der Waals surface area contributed by atoms with Gasteiger partial charge in [-0.25, -0.2) is 13.6 Å². The summed E-state index contributed by atoms with van der Waals surface area (Å²) in [5, 5.41) is 7.78. The van der Waals surface area contributed by atoms with E-state index in [2.05, 4.69) is 21.2 Å². The normalized spacial score (nSPS) is 12.5. The van der Waals surface area contributed by atoms with Gasteiger partial charge >= 0.3 is 0 Å². The molecule has 0 aliphatic heterocycles. The van der Waals surface area contributed by atoms with Crippen molar-refractivity contribution in [3.05, 3.63) is 52.5 Å². The molecule has 24 heavy (non-hydrogen) atoms. The summed E-state index contributed by atoms with van der Waals surface area (Å²) in [7, 11) is -3.85. The second kappa shape index (κ2) is 7.33. The summed E-state index contributed by atoms with van der Waals surface area (Å²) in [5.74, 6) is 0.150. The average molecular weight is 413 g/mol. The zero-order chi connectivity index (χ0) is 17.9. The predicted molar refractivity (Wildman–Crippen MR) is 95.4 cm³/mol. The number of ether oxygens (including phenoxy) is 1. The first-order valence-electron chi connectivity index (χ1n) is 7.03. The van der Waals surface area contributed by atoms with Crippen LogP contribution in [-0.2, 0) is 14.8 Å². The average Bonchev–Trinajstić information content (AvgIpc) is 2.50. The Labute approximate surface area is 149 Å². The first-order valence-corrected chi connectivity index (χ1v) is 9.37. The fourth-order valence-electron chi connectivity index (χ4n) is 2.00. The highest BCUT2D eigenvalue weighted by Gasteiger charge is 2.17. The Kier molecular flexibility index (Phi) is 5.63. The summed E-state index contributed by atoms with van der Waals surface area (Å²) in [4.78, 5) is 12.2. The molecule has 0 heterocycles. The first kappa shape index (κ1) is 18.4. The minimum absolute atomic E-state index is 0.0261. The highest BCUT2D eigenvalue weighted by Crippen LogP contribution is 2.20. The predicted octanol–water partition coefficient (Wildman–Crippen LogP) is 2.81. The number of hydrogen-bond acceptors (Lipinski definition) is 4. The molecule has 0 bridgehead atoms. The van der Waals surface area contributed by atoms with E-state index in [0.717, 1.165) is 4.47 Å². The molecule has 1 amide bonds. The number of rotatable bonds is 5. The first-order chi connectivity index (χ1) is 11.2. The van der Waals surface area contributed by atoms with Crippen LogP contribution in [-0.4, -0.2) is 20.4 Å². The van der Waals surface area contributed by atoms with Gasteiger partial charge in [0.2, 0.25) is 10.0 Å². The van der Waals surface area contributed by atoms with Gasteiger partial charge in [-0.3, -0.25) is 4.79 Å². The molecule has 0 saturated heterocycles. The summed E-state index contributed by atoms with van der Waals surface area (Å²) in [6.07, 6.45) is -0.759. The molecule has 2 aromatic carbocycles. The lowest BCUT2D eigenvalue weighted by molar-refractivity contribution is -0.122. The van der Waals surface area contributed by atoms with E-state index in [1.165, 1.54) is 6.07 Å². The van der Waals surface area contributed by atoms with Crippen LogP contribution < -0.4 is 15.2 Å². The van der Waals surface area contributed by atoms with E-state index in [4.69, 9.17) is 9.88 Å². The molecular weight excluding hydrogens is 396 g/mol. The Morgan fingerprint density at radius 1 is 1.21 bits per heavy atom. The molecule has 8 heteroatoms. The van der Waals surface area contributed by atoms with Gasteiger partial charge in [-0.2, -0.15) is 0 Å². The largest absolute Gasteiger partial charge is 0.481 e. The summed E-state index contributed by atoms with van der Waals surface area (Å²) in [5.41, 5.74) is 0.843. The van der Waals surface area contributed by atoms with Crippen molar-refractivity contribution in [3.8, 4) is 5.75 Å². The molecule has 0 fully saturated rings. The molecule has 128 valence electrons. The maximum Gasteiger partial charge on any atom is 0.265 e. The van der Waals surface area contributed by atoms with Gasteiger partial charge in [0.25, 0.3) is 5.91 Å². The number of nitrogens with two attached hydrogens (primary N) is 1. The zero-order valence-electron chi connectivity index (χ0n) is 13.1. The maximum absolute atomic E-state index is 12.2. The van der Waals surface area contributed by atoms with Crippen molar-refractivity contribution in [1.82, 2.24) is 0 Å². The van der Waals surface area contributed by atoms with E-state index < -0.39 is 22.0 Å². The van der Waals surface area contributed by atoms with Crippen molar-refractivity contribution in [3.63, 3.8) is 0 Å². The number of primary sulfonamides is 1. The number of anilines is 1.